The monoisotopic (exact) mass is 334 g/mol. The number of ether oxygens (including phenoxy) is 3. The van der Waals surface area contributed by atoms with Gasteiger partial charge in [0.05, 0.1) is 37.9 Å². The number of amides is 1. The zero-order valence-corrected chi connectivity index (χ0v) is 13.2. The van der Waals surface area contributed by atoms with Crippen LogP contribution in [0.25, 0.3) is 0 Å². The van der Waals surface area contributed by atoms with E-state index >= 15 is 0 Å². The number of rotatable bonds is 6. The number of benzene rings is 1. The first-order valence-electron chi connectivity index (χ1n) is 7.35. The lowest BCUT2D eigenvalue weighted by Gasteiger charge is -2.32. The molecule has 24 heavy (non-hydrogen) atoms. The van der Waals surface area contributed by atoms with Gasteiger partial charge in [-0.2, -0.15) is 5.26 Å². The standard InChI is InChI=1S/C16H18N2O6/c1-22-14-6-11(8-17)2-3-13(14)24-10-15(19)18-4-5-23-12(9-18)7-16(20)21/h2-3,6,12H,4-5,7,9-10H2,1H3,(H,20,21). The molecule has 1 amide bonds. The third-order valence-corrected chi connectivity index (χ3v) is 3.54. The number of carboxylic acid groups (broad SMARTS) is 1. The maximum Gasteiger partial charge on any atom is 0.306 e. The first-order chi connectivity index (χ1) is 11.5. The Balaban J connectivity index is 1.93. The first-order valence-corrected chi connectivity index (χ1v) is 7.35. The highest BCUT2D eigenvalue weighted by Crippen LogP contribution is 2.27. The van der Waals surface area contributed by atoms with Crippen LogP contribution in [0.1, 0.15) is 12.0 Å². The molecule has 1 heterocycles. The lowest BCUT2D eigenvalue weighted by molar-refractivity contribution is -0.148. The van der Waals surface area contributed by atoms with Gasteiger partial charge in [-0.1, -0.05) is 0 Å². The second-order valence-corrected chi connectivity index (χ2v) is 5.20. The molecule has 0 bridgehead atoms. The van der Waals surface area contributed by atoms with Crippen LogP contribution in [0.15, 0.2) is 18.2 Å². The number of carbonyl (C=O) groups is 2. The molecule has 1 aliphatic heterocycles. The SMILES string of the molecule is COc1cc(C#N)ccc1OCC(=O)N1CCOC(CC(=O)O)C1. The fraction of sp³-hybridized carbons (Fsp3) is 0.438. The van der Waals surface area contributed by atoms with E-state index in [2.05, 4.69) is 0 Å². The van der Waals surface area contributed by atoms with Gasteiger partial charge in [-0.25, -0.2) is 0 Å². The molecule has 1 saturated heterocycles. The molecule has 0 saturated carbocycles. The Hall–Kier alpha value is -2.79. The van der Waals surface area contributed by atoms with Crippen LogP contribution in [0.2, 0.25) is 0 Å². The zero-order valence-electron chi connectivity index (χ0n) is 13.2. The summed E-state index contributed by atoms with van der Waals surface area (Å²) < 4.78 is 15.9. The van der Waals surface area contributed by atoms with Gasteiger partial charge in [0.2, 0.25) is 0 Å². The molecule has 0 spiro atoms. The van der Waals surface area contributed by atoms with Crippen molar-refractivity contribution in [3.8, 4) is 17.6 Å². The van der Waals surface area contributed by atoms with Crippen molar-refractivity contribution in [2.75, 3.05) is 33.4 Å². The Labute approximate surface area is 139 Å². The Morgan fingerprint density at radius 3 is 2.92 bits per heavy atom. The lowest BCUT2D eigenvalue weighted by Crippen LogP contribution is -2.47. The van der Waals surface area contributed by atoms with E-state index in [4.69, 9.17) is 24.6 Å². The summed E-state index contributed by atoms with van der Waals surface area (Å²) in [4.78, 5) is 24.5. The molecule has 8 nitrogen and oxygen atoms in total. The zero-order chi connectivity index (χ0) is 17.5. The average molecular weight is 334 g/mol. The number of nitriles is 1. The molecule has 128 valence electrons. The Morgan fingerprint density at radius 1 is 1.46 bits per heavy atom. The molecular formula is C16H18N2O6. The first kappa shape index (κ1) is 17.6. The van der Waals surface area contributed by atoms with Gasteiger partial charge in [-0.15, -0.1) is 0 Å². The van der Waals surface area contributed by atoms with Crippen molar-refractivity contribution < 1.29 is 28.9 Å². The predicted octanol–water partition coefficient (Wildman–Crippen LogP) is 0.648. The summed E-state index contributed by atoms with van der Waals surface area (Å²) in [6, 6.07) is 6.65. The summed E-state index contributed by atoms with van der Waals surface area (Å²) in [7, 11) is 1.45. The van der Waals surface area contributed by atoms with Crippen LogP contribution in [-0.2, 0) is 14.3 Å². The molecule has 0 radical (unpaired) electrons. The summed E-state index contributed by atoms with van der Waals surface area (Å²) >= 11 is 0. The molecule has 1 unspecified atom stereocenters. The van der Waals surface area contributed by atoms with Gasteiger partial charge < -0.3 is 24.2 Å². The Bertz CT molecular complexity index is 654. The highest BCUT2D eigenvalue weighted by molar-refractivity contribution is 5.78. The van der Waals surface area contributed by atoms with E-state index in [-0.39, 0.29) is 25.5 Å². The molecule has 0 aliphatic carbocycles. The molecule has 1 atom stereocenters. The molecule has 1 aromatic carbocycles. The summed E-state index contributed by atoms with van der Waals surface area (Å²) in [5.41, 5.74) is 0.426. The van der Waals surface area contributed by atoms with E-state index in [1.54, 1.807) is 12.1 Å². The molecule has 1 fully saturated rings. The number of nitrogens with zero attached hydrogens (tertiary/aromatic N) is 2. The van der Waals surface area contributed by atoms with E-state index in [9.17, 15) is 9.59 Å². The number of aliphatic carboxylic acids is 1. The van der Waals surface area contributed by atoms with Crippen molar-refractivity contribution in [1.82, 2.24) is 4.90 Å². The van der Waals surface area contributed by atoms with Gasteiger partial charge in [0, 0.05) is 19.2 Å². The number of hydrogen-bond acceptors (Lipinski definition) is 6. The summed E-state index contributed by atoms with van der Waals surface area (Å²) in [6.45, 7) is 0.702. The fourth-order valence-corrected chi connectivity index (χ4v) is 2.35. The third-order valence-electron chi connectivity index (χ3n) is 3.54. The Kier molecular flexibility index (Phi) is 5.98. The summed E-state index contributed by atoms with van der Waals surface area (Å²) in [6.07, 6.45) is -0.654. The summed E-state index contributed by atoms with van der Waals surface area (Å²) in [5.74, 6) is -0.499. The molecule has 0 aromatic heterocycles. The van der Waals surface area contributed by atoms with Gasteiger partial charge in [0.1, 0.15) is 0 Å². The molecule has 1 N–H and O–H groups in total. The van der Waals surface area contributed by atoms with Crippen LogP contribution in [0.5, 0.6) is 11.5 Å². The van der Waals surface area contributed by atoms with Gasteiger partial charge in [-0.3, -0.25) is 9.59 Å². The van der Waals surface area contributed by atoms with E-state index in [0.29, 0.717) is 30.2 Å². The van der Waals surface area contributed by atoms with Gasteiger partial charge in [0.15, 0.2) is 18.1 Å². The third kappa shape index (κ3) is 4.60. The predicted molar refractivity (Wildman–Crippen MR) is 81.8 cm³/mol. The second kappa shape index (κ2) is 8.17. The molecule has 8 heteroatoms. The smallest absolute Gasteiger partial charge is 0.306 e. The van der Waals surface area contributed by atoms with Crippen LogP contribution >= 0.6 is 0 Å². The minimum Gasteiger partial charge on any atom is -0.493 e. The quantitative estimate of drug-likeness (QED) is 0.813. The van der Waals surface area contributed by atoms with E-state index in [1.165, 1.54) is 18.1 Å². The highest BCUT2D eigenvalue weighted by Gasteiger charge is 2.26. The van der Waals surface area contributed by atoms with Crippen molar-refractivity contribution in [2.45, 2.75) is 12.5 Å². The Morgan fingerprint density at radius 2 is 2.25 bits per heavy atom. The van der Waals surface area contributed by atoms with Crippen molar-refractivity contribution in [3.63, 3.8) is 0 Å². The van der Waals surface area contributed by atoms with Crippen molar-refractivity contribution >= 4 is 11.9 Å². The molecule has 2 rings (SSSR count). The van der Waals surface area contributed by atoms with E-state index in [1.807, 2.05) is 6.07 Å². The minimum absolute atomic E-state index is 0.145. The van der Waals surface area contributed by atoms with Crippen LogP contribution in [0, 0.1) is 11.3 Å². The van der Waals surface area contributed by atoms with Crippen LogP contribution in [-0.4, -0.2) is 61.4 Å². The van der Waals surface area contributed by atoms with Crippen LogP contribution in [0.4, 0.5) is 0 Å². The maximum atomic E-state index is 12.2. The number of carboxylic acids is 1. The van der Waals surface area contributed by atoms with Crippen molar-refractivity contribution in [3.05, 3.63) is 23.8 Å². The number of hydrogen-bond donors (Lipinski definition) is 1. The van der Waals surface area contributed by atoms with Crippen molar-refractivity contribution in [1.29, 1.82) is 5.26 Å². The van der Waals surface area contributed by atoms with Crippen molar-refractivity contribution in [2.24, 2.45) is 0 Å². The number of morpholine rings is 1. The van der Waals surface area contributed by atoms with Crippen LogP contribution < -0.4 is 9.47 Å². The lowest BCUT2D eigenvalue weighted by atomic mass is 10.2. The van der Waals surface area contributed by atoms with Crippen LogP contribution in [0.3, 0.4) is 0 Å². The highest BCUT2D eigenvalue weighted by atomic mass is 16.5. The number of carbonyl (C=O) groups excluding carboxylic acids is 1. The largest absolute Gasteiger partial charge is 0.493 e. The second-order valence-electron chi connectivity index (χ2n) is 5.20. The number of methoxy groups -OCH3 is 1. The maximum absolute atomic E-state index is 12.2. The van der Waals surface area contributed by atoms with Gasteiger partial charge >= 0.3 is 5.97 Å². The van der Waals surface area contributed by atoms with Gasteiger partial charge in [0.25, 0.3) is 5.91 Å². The fourth-order valence-electron chi connectivity index (χ4n) is 2.35. The topological polar surface area (TPSA) is 109 Å². The van der Waals surface area contributed by atoms with E-state index < -0.39 is 12.1 Å². The minimum atomic E-state index is -0.965. The normalized spacial score (nSPS) is 17.0. The molecular weight excluding hydrogens is 316 g/mol. The molecule has 1 aliphatic rings. The van der Waals surface area contributed by atoms with Gasteiger partial charge in [-0.05, 0) is 12.1 Å². The van der Waals surface area contributed by atoms with E-state index in [0.717, 1.165) is 0 Å². The summed E-state index contributed by atoms with van der Waals surface area (Å²) in [5, 5.41) is 17.7. The average Bonchev–Trinajstić information content (AvgIpc) is 2.59. The molecule has 1 aromatic rings.